The van der Waals surface area contributed by atoms with E-state index in [0.717, 1.165) is 38.5 Å². The van der Waals surface area contributed by atoms with Crippen LogP contribution in [0, 0.1) is 0 Å². The monoisotopic (exact) mass is 405 g/mol. The molecule has 0 aromatic heterocycles. The Morgan fingerprint density at radius 2 is 1.53 bits per heavy atom. The number of Topliss-reactive ketones (excluding diaryl/α,β-unsaturated/α-hetero) is 1. The molecule has 158 valence electrons. The highest BCUT2D eigenvalue weighted by atomic mass is 16.7. The molecule has 0 radical (unpaired) electrons. The summed E-state index contributed by atoms with van der Waals surface area (Å²) in [6.07, 6.45) is 6.71. The first kappa shape index (κ1) is 21.9. The number of carbonyl (C=O) groups excluding carboxylic acids is 2. The second kappa shape index (κ2) is 9.38. The van der Waals surface area contributed by atoms with Crippen molar-refractivity contribution in [3.8, 4) is 11.1 Å². The quantitative estimate of drug-likeness (QED) is 0.208. The van der Waals surface area contributed by atoms with Crippen LogP contribution >= 0.6 is 0 Å². The van der Waals surface area contributed by atoms with Gasteiger partial charge in [-0.25, -0.2) is 4.79 Å². The van der Waals surface area contributed by atoms with Crippen molar-refractivity contribution in [1.29, 1.82) is 0 Å². The zero-order chi connectivity index (χ0) is 21.7. The topological polar surface area (TPSA) is 55.7 Å². The molecular formula is C26H31NO3. The molecule has 0 bridgehead atoms. The Kier molecular flexibility index (Phi) is 6.86. The van der Waals surface area contributed by atoms with E-state index in [9.17, 15) is 9.59 Å². The lowest BCUT2D eigenvalue weighted by molar-refractivity contribution is -0.140. The molecule has 0 aliphatic heterocycles. The van der Waals surface area contributed by atoms with Crippen LogP contribution in [0.15, 0.2) is 47.6 Å². The van der Waals surface area contributed by atoms with Crippen LogP contribution in [0.25, 0.3) is 11.1 Å². The summed E-state index contributed by atoms with van der Waals surface area (Å²) in [6, 6.07) is 14.7. The highest BCUT2D eigenvalue weighted by Gasteiger charge is 2.42. The lowest BCUT2D eigenvalue weighted by Crippen LogP contribution is -2.26. The minimum absolute atomic E-state index is 0.0603. The van der Waals surface area contributed by atoms with Crippen molar-refractivity contribution in [2.45, 2.75) is 71.6 Å². The summed E-state index contributed by atoms with van der Waals surface area (Å²) >= 11 is 0. The van der Waals surface area contributed by atoms with Crippen LogP contribution in [0.2, 0.25) is 0 Å². The maximum atomic E-state index is 12.9. The van der Waals surface area contributed by atoms with E-state index in [1.165, 1.54) is 29.2 Å². The molecule has 0 saturated heterocycles. The van der Waals surface area contributed by atoms with Crippen molar-refractivity contribution in [3.05, 3.63) is 59.2 Å². The van der Waals surface area contributed by atoms with E-state index in [0.29, 0.717) is 5.56 Å². The van der Waals surface area contributed by atoms with Gasteiger partial charge in [-0.05, 0) is 48.1 Å². The predicted molar refractivity (Wildman–Crippen MR) is 121 cm³/mol. The highest BCUT2D eigenvalue weighted by Crippen LogP contribution is 2.54. The number of oxime groups is 1. The number of nitrogens with zero attached hydrogens (tertiary/aromatic N) is 1. The van der Waals surface area contributed by atoms with Crippen molar-refractivity contribution < 1.29 is 14.4 Å². The van der Waals surface area contributed by atoms with Gasteiger partial charge in [0.15, 0.2) is 0 Å². The van der Waals surface area contributed by atoms with Gasteiger partial charge in [0.25, 0.3) is 0 Å². The summed E-state index contributed by atoms with van der Waals surface area (Å²) in [5, 5.41) is 3.69. The predicted octanol–water partition coefficient (Wildman–Crippen LogP) is 6.46. The number of fused-ring (bicyclic) bond motifs is 3. The third-order valence-electron chi connectivity index (χ3n) is 6.08. The van der Waals surface area contributed by atoms with Crippen molar-refractivity contribution in [2.75, 3.05) is 0 Å². The van der Waals surface area contributed by atoms with Gasteiger partial charge in [-0.1, -0.05) is 81.1 Å². The lowest BCUT2D eigenvalue weighted by Gasteiger charge is -2.32. The standard InChI is InChI=1S/C26H31NO3/c1-5-7-15-26(16-8-6-2)23-12-10-9-11-21(23)22-14-13-20(17-24(22)26)25(29)18(3)27-30-19(4)28/h9-14,17H,5-8,15-16H2,1-4H3/b27-18-. The van der Waals surface area contributed by atoms with Crippen LogP contribution in [0.5, 0.6) is 0 Å². The normalized spacial score (nSPS) is 14.2. The van der Waals surface area contributed by atoms with E-state index < -0.39 is 5.97 Å². The van der Waals surface area contributed by atoms with Crippen LogP contribution in [-0.4, -0.2) is 17.5 Å². The molecule has 2 aromatic rings. The molecule has 30 heavy (non-hydrogen) atoms. The van der Waals surface area contributed by atoms with Gasteiger partial charge in [-0.3, -0.25) is 4.79 Å². The minimum atomic E-state index is -0.537. The molecule has 1 aliphatic carbocycles. The number of hydrogen-bond acceptors (Lipinski definition) is 4. The van der Waals surface area contributed by atoms with Gasteiger partial charge < -0.3 is 4.84 Å². The molecule has 3 rings (SSSR count). The fraction of sp³-hybridized carbons (Fsp3) is 0.423. The van der Waals surface area contributed by atoms with Crippen LogP contribution in [0.3, 0.4) is 0 Å². The largest absolute Gasteiger partial charge is 0.331 e. The maximum absolute atomic E-state index is 12.9. The SMILES string of the molecule is CCCCC1(CCCC)c2ccccc2-c2ccc(C(=O)/C(C)=N\OC(C)=O)cc21. The van der Waals surface area contributed by atoms with Crippen molar-refractivity contribution in [3.63, 3.8) is 0 Å². The maximum Gasteiger partial charge on any atom is 0.331 e. The average Bonchev–Trinajstić information content (AvgIpc) is 3.03. The molecule has 0 atom stereocenters. The number of rotatable bonds is 9. The van der Waals surface area contributed by atoms with Gasteiger partial charge in [-0.15, -0.1) is 0 Å². The molecule has 0 fully saturated rings. The molecule has 0 unspecified atom stereocenters. The zero-order valence-electron chi connectivity index (χ0n) is 18.5. The molecular weight excluding hydrogens is 374 g/mol. The van der Waals surface area contributed by atoms with E-state index >= 15 is 0 Å². The molecule has 1 aliphatic rings. The Balaban J connectivity index is 2.11. The van der Waals surface area contributed by atoms with Gasteiger partial charge in [0.1, 0.15) is 5.71 Å². The average molecular weight is 406 g/mol. The number of ketones is 1. The van der Waals surface area contributed by atoms with E-state index in [-0.39, 0.29) is 16.9 Å². The number of hydrogen-bond donors (Lipinski definition) is 0. The molecule has 4 heteroatoms. The van der Waals surface area contributed by atoms with Gasteiger partial charge in [0, 0.05) is 17.9 Å². The second-order valence-electron chi connectivity index (χ2n) is 8.18. The summed E-state index contributed by atoms with van der Waals surface area (Å²) < 4.78 is 0. The van der Waals surface area contributed by atoms with Crippen molar-refractivity contribution in [2.24, 2.45) is 5.16 Å². The molecule has 0 amide bonds. The third kappa shape index (κ3) is 4.09. The van der Waals surface area contributed by atoms with Crippen LogP contribution in [-0.2, 0) is 15.0 Å². The summed E-state index contributed by atoms with van der Waals surface area (Å²) in [7, 11) is 0. The molecule has 0 N–H and O–H groups in total. The van der Waals surface area contributed by atoms with Crippen molar-refractivity contribution in [1.82, 2.24) is 0 Å². The minimum Gasteiger partial charge on any atom is -0.318 e. The Hall–Kier alpha value is -2.75. The third-order valence-corrected chi connectivity index (χ3v) is 6.08. The zero-order valence-corrected chi connectivity index (χ0v) is 18.5. The lowest BCUT2D eigenvalue weighted by atomic mass is 9.70. The molecule has 2 aromatic carbocycles. The first-order valence-corrected chi connectivity index (χ1v) is 11.0. The van der Waals surface area contributed by atoms with Crippen molar-refractivity contribution >= 4 is 17.5 Å². The fourth-order valence-electron chi connectivity index (χ4n) is 4.60. The molecule has 4 nitrogen and oxygen atoms in total. The Morgan fingerprint density at radius 1 is 0.900 bits per heavy atom. The first-order valence-electron chi connectivity index (χ1n) is 11.0. The van der Waals surface area contributed by atoms with Crippen LogP contribution < -0.4 is 0 Å². The number of unbranched alkanes of at least 4 members (excludes halogenated alkanes) is 2. The van der Waals surface area contributed by atoms with E-state index in [1.54, 1.807) is 6.92 Å². The van der Waals surface area contributed by atoms with E-state index in [4.69, 9.17) is 0 Å². The highest BCUT2D eigenvalue weighted by molar-refractivity contribution is 6.45. The van der Waals surface area contributed by atoms with Gasteiger partial charge in [0.05, 0.1) is 0 Å². The summed E-state index contributed by atoms with van der Waals surface area (Å²) in [5.74, 6) is -0.750. The molecule has 0 heterocycles. The fourth-order valence-corrected chi connectivity index (χ4v) is 4.60. The summed E-state index contributed by atoms with van der Waals surface area (Å²) in [5.41, 5.74) is 5.84. The Labute approximate surface area is 179 Å². The van der Waals surface area contributed by atoms with Crippen LogP contribution in [0.1, 0.15) is 87.7 Å². The van der Waals surface area contributed by atoms with Crippen LogP contribution in [0.4, 0.5) is 0 Å². The van der Waals surface area contributed by atoms with Gasteiger partial charge in [0.2, 0.25) is 5.78 Å². The molecule has 0 spiro atoms. The van der Waals surface area contributed by atoms with E-state index in [2.05, 4.69) is 60.2 Å². The Bertz CT molecular complexity index is 966. The van der Waals surface area contributed by atoms with Gasteiger partial charge in [-0.2, -0.15) is 0 Å². The van der Waals surface area contributed by atoms with Gasteiger partial charge >= 0.3 is 5.97 Å². The number of carbonyl (C=O) groups is 2. The molecule has 0 saturated carbocycles. The summed E-state index contributed by atoms with van der Waals surface area (Å²) in [6.45, 7) is 7.30. The smallest absolute Gasteiger partial charge is 0.318 e. The van der Waals surface area contributed by atoms with E-state index in [1.807, 2.05) is 6.07 Å². The number of benzene rings is 2. The first-order chi connectivity index (χ1) is 14.4. The Morgan fingerprint density at radius 3 is 2.17 bits per heavy atom. The summed E-state index contributed by atoms with van der Waals surface area (Å²) in [4.78, 5) is 28.6. The second-order valence-corrected chi connectivity index (χ2v) is 8.18.